The number of hydrogen-bond donors (Lipinski definition) is 2. The van der Waals surface area contributed by atoms with E-state index in [1.165, 1.54) is 5.56 Å². The van der Waals surface area contributed by atoms with Gasteiger partial charge in [-0.3, -0.25) is 4.98 Å². The Hall–Kier alpha value is -1.20. The third-order valence-corrected chi connectivity index (χ3v) is 3.03. The van der Waals surface area contributed by atoms with Crippen molar-refractivity contribution in [2.45, 2.75) is 33.2 Å². The molecule has 5 heteroatoms. The Balaban J connectivity index is 2.22. The maximum atomic E-state index is 5.26. The monoisotopic (exact) mass is 281 g/mol. The van der Waals surface area contributed by atoms with Crippen LogP contribution in [-0.2, 0) is 17.7 Å². The van der Waals surface area contributed by atoms with Gasteiger partial charge in [-0.05, 0) is 43.6 Å². The van der Waals surface area contributed by atoms with Crippen LogP contribution in [-0.4, -0.2) is 29.9 Å². The van der Waals surface area contributed by atoms with E-state index in [9.17, 15) is 0 Å². The Labute approximate surface area is 121 Å². The number of hydrogen-bond acceptors (Lipinski definition) is 3. The summed E-state index contributed by atoms with van der Waals surface area (Å²) in [6, 6.07) is 4.06. The van der Waals surface area contributed by atoms with Crippen molar-refractivity contribution in [3.05, 3.63) is 29.6 Å². The fraction of sp³-hybridized carbons (Fsp3) is 0.571. The highest BCUT2D eigenvalue weighted by atomic mass is 32.1. The average Bonchev–Trinajstić information content (AvgIpc) is 2.45. The van der Waals surface area contributed by atoms with E-state index in [-0.39, 0.29) is 0 Å². The lowest BCUT2D eigenvalue weighted by Crippen LogP contribution is -2.36. The normalized spacial score (nSPS) is 10.2. The van der Waals surface area contributed by atoms with Gasteiger partial charge in [-0.25, -0.2) is 0 Å². The summed E-state index contributed by atoms with van der Waals surface area (Å²) in [5.41, 5.74) is 2.32. The highest BCUT2D eigenvalue weighted by molar-refractivity contribution is 7.80. The first kappa shape index (κ1) is 15.9. The Morgan fingerprint density at radius 3 is 2.95 bits per heavy atom. The Kier molecular flexibility index (Phi) is 8.09. The summed E-state index contributed by atoms with van der Waals surface area (Å²) in [4.78, 5) is 4.37. The van der Waals surface area contributed by atoms with E-state index in [1.807, 2.05) is 19.2 Å². The topological polar surface area (TPSA) is 46.2 Å². The second-order valence-corrected chi connectivity index (χ2v) is 4.53. The van der Waals surface area contributed by atoms with Crippen molar-refractivity contribution in [3.63, 3.8) is 0 Å². The van der Waals surface area contributed by atoms with Crippen LogP contribution < -0.4 is 10.6 Å². The lowest BCUT2D eigenvalue weighted by Gasteiger charge is -2.11. The molecule has 19 heavy (non-hydrogen) atoms. The first-order valence-electron chi connectivity index (χ1n) is 6.80. The summed E-state index contributed by atoms with van der Waals surface area (Å²) in [6.07, 6.45) is 3.76. The number of thiocarbonyl (C=S) groups is 1. The molecule has 0 aliphatic rings. The first-order chi connectivity index (χ1) is 9.27. The molecule has 0 spiro atoms. The molecule has 2 N–H and O–H groups in total. The van der Waals surface area contributed by atoms with Gasteiger partial charge in [0.05, 0.1) is 12.2 Å². The van der Waals surface area contributed by atoms with E-state index >= 15 is 0 Å². The molecule has 1 aromatic rings. The van der Waals surface area contributed by atoms with Gasteiger partial charge in [-0.2, -0.15) is 0 Å². The van der Waals surface area contributed by atoms with E-state index in [4.69, 9.17) is 17.0 Å². The highest BCUT2D eigenvalue weighted by Gasteiger charge is 2.02. The summed E-state index contributed by atoms with van der Waals surface area (Å²) in [6.45, 7) is 7.16. The van der Waals surface area contributed by atoms with Crippen molar-refractivity contribution in [2.75, 3.05) is 19.8 Å². The van der Waals surface area contributed by atoms with Crippen molar-refractivity contribution >= 4 is 17.3 Å². The van der Waals surface area contributed by atoms with Crippen LogP contribution in [0.4, 0.5) is 0 Å². The molecule has 0 bridgehead atoms. The lowest BCUT2D eigenvalue weighted by atomic mass is 10.1. The van der Waals surface area contributed by atoms with Crippen LogP contribution >= 0.6 is 12.2 Å². The third-order valence-electron chi connectivity index (χ3n) is 2.74. The molecule has 1 heterocycles. The minimum atomic E-state index is 0.668. The van der Waals surface area contributed by atoms with Crippen LogP contribution in [0, 0.1) is 0 Å². The predicted molar refractivity (Wildman–Crippen MR) is 82.2 cm³/mol. The molecule has 0 aliphatic carbocycles. The Morgan fingerprint density at radius 2 is 2.21 bits per heavy atom. The average molecular weight is 281 g/mol. The molecule has 0 saturated carbocycles. The van der Waals surface area contributed by atoms with E-state index in [1.54, 1.807) is 0 Å². The van der Waals surface area contributed by atoms with Gasteiger partial charge < -0.3 is 15.4 Å². The molecule has 0 saturated heterocycles. The van der Waals surface area contributed by atoms with E-state index < -0.39 is 0 Å². The number of pyridine rings is 1. The molecule has 0 aromatic carbocycles. The SMILES string of the molecule is CCOCCCNC(=S)NCc1ncccc1CC. The largest absolute Gasteiger partial charge is 0.382 e. The molecular formula is C14H23N3OS. The zero-order valence-electron chi connectivity index (χ0n) is 11.7. The van der Waals surface area contributed by atoms with Crippen LogP contribution in [0.15, 0.2) is 18.3 Å². The van der Waals surface area contributed by atoms with Crippen LogP contribution in [0.2, 0.25) is 0 Å². The minimum absolute atomic E-state index is 0.668. The van der Waals surface area contributed by atoms with Crippen molar-refractivity contribution in [3.8, 4) is 0 Å². The standard InChI is InChI=1S/C14H23N3OS/c1-3-12-7-5-8-15-13(12)11-17-14(19)16-9-6-10-18-4-2/h5,7-8H,3-4,6,9-11H2,1-2H3,(H2,16,17,19). The number of aromatic nitrogens is 1. The summed E-state index contributed by atoms with van der Waals surface area (Å²) < 4.78 is 5.26. The van der Waals surface area contributed by atoms with E-state index in [0.717, 1.165) is 38.3 Å². The number of rotatable bonds is 8. The number of ether oxygens (including phenoxy) is 1. The number of aryl methyl sites for hydroxylation is 1. The lowest BCUT2D eigenvalue weighted by molar-refractivity contribution is 0.145. The van der Waals surface area contributed by atoms with E-state index in [2.05, 4.69) is 28.6 Å². The summed E-state index contributed by atoms with van der Waals surface area (Å²) in [5.74, 6) is 0. The Bertz CT molecular complexity index is 385. The maximum absolute atomic E-state index is 5.26. The smallest absolute Gasteiger partial charge is 0.166 e. The molecule has 0 radical (unpaired) electrons. The first-order valence-corrected chi connectivity index (χ1v) is 7.21. The van der Waals surface area contributed by atoms with Crippen LogP contribution in [0.5, 0.6) is 0 Å². The van der Waals surface area contributed by atoms with Crippen molar-refractivity contribution < 1.29 is 4.74 Å². The van der Waals surface area contributed by atoms with Gasteiger partial charge in [0.25, 0.3) is 0 Å². The number of nitrogens with one attached hydrogen (secondary N) is 2. The second kappa shape index (κ2) is 9.69. The van der Waals surface area contributed by atoms with Crippen molar-refractivity contribution in [1.29, 1.82) is 0 Å². The van der Waals surface area contributed by atoms with Crippen LogP contribution in [0.1, 0.15) is 31.5 Å². The minimum Gasteiger partial charge on any atom is -0.382 e. The van der Waals surface area contributed by atoms with Crippen molar-refractivity contribution in [1.82, 2.24) is 15.6 Å². The zero-order valence-corrected chi connectivity index (χ0v) is 12.6. The van der Waals surface area contributed by atoms with Gasteiger partial charge in [-0.1, -0.05) is 13.0 Å². The molecule has 106 valence electrons. The summed E-state index contributed by atoms with van der Waals surface area (Å²) in [7, 11) is 0. The van der Waals surface area contributed by atoms with Gasteiger partial charge in [0.1, 0.15) is 0 Å². The maximum Gasteiger partial charge on any atom is 0.166 e. The molecule has 0 unspecified atom stereocenters. The number of nitrogens with zero attached hydrogens (tertiary/aromatic N) is 1. The Morgan fingerprint density at radius 1 is 1.37 bits per heavy atom. The molecule has 0 amide bonds. The summed E-state index contributed by atoms with van der Waals surface area (Å²) in [5, 5.41) is 7.01. The quantitative estimate of drug-likeness (QED) is 0.564. The van der Waals surface area contributed by atoms with Crippen LogP contribution in [0.25, 0.3) is 0 Å². The molecule has 0 atom stereocenters. The fourth-order valence-corrected chi connectivity index (χ4v) is 1.87. The van der Waals surface area contributed by atoms with Gasteiger partial charge in [0.15, 0.2) is 5.11 Å². The predicted octanol–water partition coefficient (Wildman–Crippen LogP) is 2.03. The van der Waals surface area contributed by atoms with Crippen LogP contribution in [0.3, 0.4) is 0 Å². The van der Waals surface area contributed by atoms with Crippen molar-refractivity contribution in [2.24, 2.45) is 0 Å². The van der Waals surface area contributed by atoms with Gasteiger partial charge in [0, 0.05) is 26.0 Å². The molecule has 0 fully saturated rings. The molecule has 4 nitrogen and oxygen atoms in total. The summed E-state index contributed by atoms with van der Waals surface area (Å²) >= 11 is 5.22. The molecule has 1 aromatic heterocycles. The molecule has 0 aliphatic heterocycles. The molecule has 1 rings (SSSR count). The van der Waals surface area contributed by atoms with Gasteiger partial charge in [0.2, 0.25) is 0 Å². The zero-order chi connectivity index (χ0) is 13.9. The third kappa shape index (κ3) is 6.50. The van der Waals surface area contributed by atoms with E-state index in [0.29, 0.717) is 11.7 Å². The highest BCUT2D eigenvalue weighted by Crippen LogP contribution is 2.05. The second-order valence-electron chi connectivity index (χ2n) is 4.12. The van der Waals surface area contributed by atoms with Gasteiger partial charge in [-0.15, -0.1) is 0 Å². The van der Waals surface area contributed by atoms with Gasteiger partial charge >= 0.3 is 0 Å². The molecular weight excluding hydrogens is 258 g/mol. The fourth-order valence-electron chi connectivity index (χ4n) is 1.70.